The summed E-state index contributed by atoms with van der Waals surface area (Å²) in [4.78, 5) is 7.30. The van der Waals surface area contributed by atoms with Crippen molar-refractivity contribution in [2.24, 2.45) is 0 Å². The Morgan fingerprint density at radius 1 is 1.09 bits per heavy atom. The van der Waals surface area contributed by atoms with Crippen molar-refractivity contribution in [3.05, 3.63) is 41.9 Å². The Labute approximate surface area is 125 Å². The normalized spacial score (nSPS) is 18.4. The highest BCUT2D eigenvalue weighted by Crippen LogP contribution is 2.32. The highest BCUT2D eigenvalue weighted by molar-refractivity contribution is 5.59. The summed E-state index contributed by atoms with van der Waals surface area (Å²) < 4.78 is 37.7. The third kappa shape index (κ3) is 2.86. The number of rotatable bonds is 2. The van der Waals surface area contributed by atoms with Gasteiger partial charge in [-0.3, -0.25) is 0 Å². The molecule has 22 heavy (non-hydrogen) atoms. The molecular formula is C15H16F3N3O. The fourth-order valence-corrected chi connectivity index (χ4v) is 2.62. The number of aliphatic hydroxyl groups is 1. The number of aromatic nitrogens is 2. The number of halogens is 3. The Balaban J connectivity index is 1.84. The molecule has 118 valence electrons. The molecule has 0 saturated carbocycles. The van der Waals surface area contributed by atoms with E-state index in [1.165, 1.54) is 12.1 Å². The molecule has 0 unspecified atom stereocenters. The van der Waals surface area contributed by atoms with E-state index < -0.39 is 17.3 Å². The van der Waals surface area contributed by atoms with Crippen molar-refractivity contribution in [2.45, 2.75) is 24.6 Å². The zero-order valence-corrected chi connectivity index (χ0v) is 11.7. The van der Waals surface area contributed by atoms with Crippen molar-refractivity contribution >= 4 is 0 Å². The number of nitrogens with zero attached hydrogens (tertiary/aromatic N) is 1. The maximum atomic E-state index is 12.6. The number of H-pyrrole nitrogens is 1. The van der Waals surface area contributed by atoms with Gasteiger partial charge in [-0.1, -0.05) is 12.1 Å². The minimum atomic E-state index is -4.35. The van der Waals surface area contributed by atoms with Gasteiger partial charge in [0.2, 0.25) is 0 Å². The second-order valence-corrected chi connectivity index (χ2v) is 5.49. The number of piperidine rings is 1. The van der Waals surface area contributed by atoms with E-state index >= 15 is 0 Å². The largest absolute Gasteiger partial charge is 0.416 e. The second-order valence-electron chi connectivity index (χ2n) is 5.49. The van der Waals surface area contributed by atoms with Crippen LogP contribution in [0.25, 0.3) is 11.3 Å². The molecule has 7 heteroatoms. The molecule has 0 atom stereocenters. The minimum Gasteiger partial charge on any atom is -0.382 e. The van der Waals surface area contributed by atoms with Crippen molar-refractivity contribution in [2.75, 3.05) is 13.1 Å². The van der Waals surface area contributed by atoms with Gasteiger partial charge in [0.05, 0.1) is 11.3 Å². The molecular weight excluding hydrogens is 295 g/mol. The molecule has 0 bridgehead atoms. The first kappa shape index (κ1) is 15.1. The van der Waals surface area contributed by atoms with Crippen LogP contribution in [0.3, 0.4) is 0 Å². The Bertz CT molecular complexity index is 643. The van der Waals surface area contributed by atoms with Gasteiger partial charge in [-0.2, -0.15) is 13.2 Å². The van der Waals surface area contributed by atoms with Crippen molar-refractivity contribution in [1.82, 2.24) is 15.3 Å². The first-order chi connectivity index (χ1) is 10.4. The van der Waals surface area contributed by atoms with Crippen LogP contribution in [0.15, 0.2) is 30.5 Å². The Hall–Kier alpha value is -1.86. The van der Waals surface area contributed by atoms with Gasteiger partial charge in [0.25, 0.3) is 0 Å². The quantitative estimate of drug-likeness (QED) is 0.799. The van der Waals surface area contributed by atoms with E-state index in [4.69, 9.17) is 0 Å². The van der Waals surface area contributed by atoms with Crippen LogP contribution in [0, 0.1) is 0 Å². The summed E-state index contributed by atoms with van der Waals surface area (Å²) in [6.07, 6.45) is -1.64. The topological polar surface area (TPSA) is 60.9 Å². The van der Waals surface area contributed by atoms with Gasteiger partial charge in [0.15, 0.2) is 0 Å². The molecule has 1 aromatic carbocycles. The fourth-order valence-electron chi connectivity index (χ4n) is 2.62. The number of alkyl halides is 3. The van der Waals surface area contributed by atoms with Crippen molar-refractivity contribution < 1.29 is 18.3 Å². The summed E-state index contributed by atoms with van der Waals surface area (Å²) in [7, 11) is 0. The van der Waals surface area contributed by atoms with Gasteiger partial charge < -0.3 is 15.4 Å². The van der Waals surface area contributed by atoms with E-state index in [2.05, 4.69) is 15.3 Å². The molecule has 2 heterocycles. The van der Waals surface area contributed by atoms with E-state index in [0.29, 0.717) is 43.0 Å². The van der Waals surface area contributed by atoms with Gasteiger partial charge in [-0.15, -0.1) is 0 Å². The third-order valence-electron chi connectivity index (χ3n) is 3.96. The monoisotopic (exact) mass is 311 g/mol. The van der Waals surface area contributed by atoms with Gasteiger partial charge in [-0.25, -0.2) is 4.98 Å². The van der Waals surface area contributed by atoms with Gasteiger partial charge in [0.1, 0.15) is 11.4 Å². The lowest BCUT2D eigenvalue weighted by atomic mass is 9.92. The summed E-state index contributed by atoms with van der Waals surface area (Å²) >= 11 is 0. The van der Waals surface area contributed by atoms with Gasteiger partial charge in [0, 0.05) is 11.8 Å². The molecule has 0 radical (unpaired) electrons. The molecule has 0 aliphatic carbocycles. The minimum absolute atomic E-state index is 0.462. The molecule has 3 rings (SSSR count). The number of imidazole rings is 1. The van der Waals surface area contributed by atoms with Crippen LogP contribution in [0.2, 0.25) is 0 Å². The summed E-state index contributed by atoms with van der Waals surface area (Å²) in [5, 5.41) is 13.7. The van der Waals surface area contributed by atoms with Crippen molar-refractivity contribution in [3.8, 4) is 11.3 Å². The van der Waals surface area contributed by atoms with E-state index in [9.17, 15) is 18.3 Å². The number of hydrogen-bond donors (Lipinski definition) is 3. The summed E-state index contributed by atoms with van der Waals surface area (Å²) in [5.74, 6) is 0.462. The van der Waals surface area contributed by atoms with Crippen LogP contribution in [0.5, 0.6) is 0 Å². The van der Waals surface area contributed by atoms with Gasteiger partial charge in [-0.05, 0) is 38.1 Å². The number of benzene rings is 1. The number of nitrogens with one attached hydrogen (secondary N) is 2. The van der Waals surface area contributed by atoms with Crippen LogP contribution < -0.4 is 5.32 Å². The summed E-state index contributed by atoms with van der Waals surface area (Å²) in [5.41, 5.74) is -0.595. The van der Waals surface area contributed by atoms with Crippen LogP contribution in [0.4, 0.5) is 13.2 Å². The van der Waals surface area contributed by atoms with Crippen LogP contribution in [-0.2, 0) is 11.8 Å². The third-order valence-corrected chi connectivity index (χ3v) is 3.96. The molecule has 0 amide bonds. The first-order valence-electron chi connectivity index (χ1n) is 7.05. The zero-order valence-electron chi connectivity index (χ0n) is 11.7. The molecule has 1 aromatic heterocycles. The van der Waals surface area contributed by atoms with Crippen molar-refractivity contribution in [3.63, 3.8) is 0 Å². The Kier molecular flexibility index (Phi) is 3.70. The van der Waals surface area contributed by atoms with Crippen LogP contribution >= 0.6 is 0 Å². The SMILES string of the molecule is OC1(c2nc(-c3ccc(C(F)(F)F)cc3)c[nH]2)CCNCC1. The molecule has 1 saturated heterocycles. The van der Waals surface area contributed by atoms with Gasteiger partial charge >= 0.3 is 6.18 Å². The lowest BCUT2D eigenvalue weighted by Crippen LogP contribution is -2.40. The fraction of sp³-hybridized carbons (Fsp3) is 0.400. The average Bonchev–Trinajstić information content (AvgIpc) is 2.98. The molecule has 3 N–H and O–H groups in total. The highest BCUT2D eigenvalue weighted by Gasteiger charge is 2.34. The molecule has 1 aliphatic rings. The zero-order chi connectivity index (χ0) is 15.8. The highest BCUT2D eigenvalue weighted by atomic mass is 19.4. The molecule has 1 aliphatic heterocycles. The van der Waals surface area contributed by atoms with E-state index in [1.807, 2.05) is 0 Å². The Morgan fingerprint density at radius 2 is 1.73 bits per heavy atom. The van der Waals surface area contributed by atoms with Crippen LogP contribution in [-0.4, -0.2) is 28.2 Å². The summed E-state index contributed by atoms with van der Waals surface area (Å²) in [6.45, 7) is 1.40. The standard InChI is InChI=1S/C15H16F3N3O/c16-15(17,18)11-3-1-10(2-4-11)12-9-20-13(21-12)14(22)5-7-19-8-6-14/h1-4,9,19,22H,5-8H2,(H,20,21). The Morgan fingerprint density at radius 3 is 2.32 bits per heavy atom. The number of hydrogen-bond acceptors (Lipinski definition) is 3. The molecule has 1 fully saturated rings. The van der Waals surface area contributed by atoms with Crippen LogP contribution in [0.1, 0.15) is 24.2 Å². The van der Waals surface area contributed by atoms with E-state index in [1.54, 1.807) is 6.20 Å². The maximum absolute atomic E-state index is 12.6. The maximum Gasteiger partial charge on any atom is 0.416 e. The number of aromatic amines is 1. The lowest BCUT2D eigenvalue weighted by molar-refractivity contribution is -0.137. The van der Waals surface area contributed by atoms with E-state index in [0.717, 1.165) is 12.1 Å². The lowest BCUT2D eigenvalue weighted by Gasteiger charge is -2.30. The molecule has 4 nitrogen and oxygen atoms in total. The molecule has 0 spiro atoms. The van der Waals surface area contributed by atoms with E-state index in [-0.39, 0.29) is 0 Å². The smallest absolute Gasteiger partial charge is 0.382 e. The average molecular weight is 311 g/mol. The predicted octanol–water partition coefficient (Wildman–Crippen LogP) is 2.67. The van der Waals surface area contributed by atoms with Crippen molar-refractivity contribution in [1.29, 1.82) is 0 Å². The summed E-state index contributed by atoms with van der Waals surface area (Å²) in [6, 6.07) is 4.83. The predicted molar refractivity (Wildman–Crippen MR) is 75.0 cm³/mol. The first-order valence-corrected chi connectivity index (χ1v) is 7.05. The molecule has 2 aromatic rings. The second kappa shape index (κ2) is 5.40.